The molecule has 2 aromatic rings. The number of nitrogens with one attached hydrogen (secondary N) is 1. The molecule has 1 unspecified atom stereocenters. The minimum atomic E-state index is 0.271. The maximum atomic E-state index is 5.98. The summed E-state index contributed by atoms with van der Waals surface area (Å²) in [5.74, 6) is 0.626. The highest BCUT2D eigenvalue weighted by Crippen LogP contribution is 2.23. The Bertz CT molecular complexity index is 554. The summed E-state index contributed by atoms with van der Waals surface area (Å²) in [6.07, 6.45) is 5.80. The van der Waals surface area contributed by atoms with E-state index in [-0.39, 0.29) is 6.04 Å². The number of nitrogens with zero attached hydrogens (tertiary/aromatic N) is 1. The Morgan fingerprint density at radius 1 is 1.24 bits per heavy atom. The van der Waals surface area contributed by atoms with Gasteiger partial charge < -0.3 is 11.1 Å². The van der Waals surface area contributed by atoms with Crippen LogP contribution in [0.1, 0.15) is 30.5 Å². The molecule has 1 aromatic carbocycles. The third-order valence-electron chi connectivity index (χ3n) is 3.51. The molecule has 4 heteroatoms. The van der Waals surface area contributed by atoms with Crippen molar-refractivity contribution < 1.29 is 0 Å². The molecular weight excluding hydrogens is 278 g/mol. The Hall–Kier alpha value is -1.52. The molecule has 1 aromatic heterocycles. The minimum absolute atomic E-state index is 0.271. The number of aromatic nitrogens is 1. The summed E-state index contributed by atoms with van der Waals surface area (Å²) in [5.41, 5.74) is 8.37. The van der Waals surface area contributed by atoms with Gasteiger partial charge in [0, 0.05) is 17.1 Å². The standard InChI is InChI=1S/C17H23N3S/c1-3-10-19-16(12-14-5-4-11-20-17(14)18)13-6-8-15(21-2)9-7-13/h4-9,11,16,19H,3,10,12H2,1-2H3,(H2,18,20). The van der Waals surface area contributed by atoms with Crippen LogP contribution in [0.3, 0.4) is 0 Å². The average Bonchev–Trinajstić information content (AvgIpc) is 2.53. The van der Waals surface area contributed by atoms with Crippen molar-refractivity contribution in [1.29, 1.82) is 0 Å². The first kappa shape index (κ1) is 15.9. The van der Waals surface area contributed by atoms with E-state index in [0.29, 0.717) is 5.82 Å². The topological polar surface area (TPSA) is 50.9 Å². The normalized spacial score (nSPS) is 12.3. The molecule has 2 rings (SSSR count). The molecule has 0 radical (unpaired) electrons. The fourth-order valence-electron chi connectivity index (χ4n) is 2.31. The number of benzene rings is 1. The van der Waals surface area contributed by atoms with E-state index in [1.54, 1.807) is 18.0 Å². The van der Waals surface area contributed by atoms with E-state index >= 15 is 0 Å². The van der Waals surface area contributed by atoms with Gasteiger partial charge in [-0.2, -0.15) is 0 Å². The summed E-state index contributed by atoms with van der Waals surface area (Å²) in [6, 6.07) is 13.0. The van der Waals surface area contributed by atoms with E-state index in [4.69, 9.17) is 5.73 Å². The summed E-state index contributed by atoms with van der Waals surface area (Å²) in [4.78, 5) is 5.47. The number of nitrogen functional groups attached to an aromatic ring is 1. The van der Waals surface area contributed by atoms with Crippen LogP contribution in [0, 0.1) is 0 Å². The quantitative estimate of drug-likeness (QED) is 0.766. The molecule has 0 spiro atoms. The highest BCUT2D eigenvalue weighted by molar-refractivity contribution is 7.98. The molecule has 0 aliphatic heterocycles. The molecule has 3 N–H and O–H groups in total. The Kier molecular flexibility index (Phi) is 6.08. The lowest BCUT2D eigenvalue weighted by Gasteiger charge is -2.20. The predicted octanol–water partition coefficient (Wildman–Crippen LogP) is 3.67. The highest BCUT2D eigenvalue weighted by atomic mass is 32.2. The zero-order valence-electron chi connectivity index (χ0n) is 12.7. The monoisotopic (exact) mass is 301 g/mol. The highest BCUT2D eigenvalue weighted by Gasteiger charge is 2.13. The Balaban J connectivity index is 2.18. The number of thioether (sulfide) groups is 1. The molecule has 1 heterocycles. The molecule has 0 saturated carbocycles. The number of anilines is 1. The van der Waals surface area contributed by atoms with Gasteiger partial charge in [-0.3, -0.25) is 0 Å². The molecule has 0 bridgehead atoms. The third-order valence-corrected chi connectivity index (χ3v) is 4.25. The van der Waals surface area contributed by atoms with Gasteiger partial charge in [0.25, 0.3) is 0 Å². The van der Waals surface area contributed by atoms with Gasteiger partial charge in [0.15, 0.2) is 0 Å². The molecule has 0 saturated heterocycles. The minimum Gasteiger partial charge on any atom is -0.383 e. The van der Waals surface area contributed by atoms with Crippen LogP contribution < -0.4 is 11.1 Å². The van der Waals surface area contributed by atoms with Gasteiger partial charge >= 0.3 is 0 Å². The number of hydrogen-bond acceptors (Lipinski definition) is 4. The predicted molar refractivity (Wildman–Crippen MR) is 91.6 cm³/mol. The Labute approximate surface area is 131 Å². The van der Waals surface area contributed by atoms with E-state index in [1.807, 2.05) is 6.07 Å². The second-order valence-electron chi connectivity index (χ2n) is 5.03. The van der Waals surface area contributed by atoms with Gasteiger partial charge in [-0.1, -0.05) is 25.1 Å². The molecule has 0 amide bonds. The van der Waals surface area contributed by atoms with Crippen molar-refractivity contribution in [2.45, 2.75) is 30.7 Å². The molecule has 112 valence electrons. The zero-order valence-corrected chi connectivity index (χ0v) is 13.5. The van der Waals surface area contributed by atoms with Crippen LogP contribution in [-0.4, -0.2) is 17.8 Å². The Morgan fingerprint density at radius 2 is 2.00 bits per heavy atom. The van der Waals surface area contributed by atoms with Crippen molar-refractivity contribution in [3.63, 3.8) is 0 Å². The van der Waals surface area contributed by atoms with E-state index in [0.717, 1.165) is 24.9 Å². The SMILES string of the molecule is CCCNC(Cc1cccnc1N)c1ccc(SC)cc1. The lowest BCUT2D eigenvalue weighted by atomic mass is 9.99. The van der Waals surface area contributed by atoms with Crippen LogP contribution in [0.25, 0.3) is 0 Å². The second kappa shape index (κ2) is 8.05. The van der Waals surface area contributed by atoms with Gasteiger partial charge in [-0.15, -0.1) is 11.8 Å². The fraction of sp³-hybridized carbons (Fsp3) is 0.353. The van der Waals surface area contributed by atoms with Crippen molar-refractivity contribution in [3.05, 3.63) is 53.7 Å². The van der Waals surface area contributed by atoms with Crippen LogP contribution in [-0.2, 0) is 6.42 Å². The van der Waals surface area contributed by atoms with Gasteiger partial charge in [0.2, 0.25) is 0 Å². The molecular formula is C17H23N3S. The van der Waals surface area contributed by atoms with E-state index < -0.39 is 0 Å². The summed E-state index contributed by atoms with van der Waals surface area (Å²) < 4.78 is 0. The molecule has 0 aliphatic rings. The van der Waals surface area contributed by atoms with Gasteiger partial charge in [-0.25, -0.2) is 4.98 Å². The lowest BCUT2D eigenvalue weighted by molar-refractivity contribution is 0.529. The lowest BCUT2D eigenvalue weighted by Crippen LogP contribution is -2.24. The number of pyridine rings is 1. The third kappa shape index (κ3) is 4.48. The Morgan fingerprint density at radius 3 is 2.62 bits per heavy atom. The summed E-state index contributed by atoms with van der Waals surface area (Å²) >= 11 is 1.76. The van der Waals surface area contributed by atoms with Crippen molar-refractivity contribution in [1.82, 2.24) is 10.3 Å². The van der Waals surface area contributed by atoms with Crippen LogP contribution in [0.15, 0.2) is 47.5 Å². The van der Waals surface area contributed by atoms with Gasteiger partial charge in [0.1, 0.15) is 5.82 Å². The summed E-state index contributed by atoms with van der Waals surface area (Å²) in [7, 11) is 0. The zero-order chi connectivity index (χ0) is 15.1. The van der Waals surface area contributed by atoms with Crippen LogP contribution >= 0.6 is 11.8 Å². The van der Waals surface area contributed by atoms with E-state index in [2.05, 4.69) is 53.8 Å². The molecule has 1 atom stereocenters. The smallest absolute Gasteiger partial charge is 0.126 e. The van der Waals surface area contributed by atoms with Gasteiger partial charge in [-0.05, 0) is 55.0 Å². The number of rotatable bonds is 7. The second-order valence-corrected chi connectivity index (χ2v) is 5.91. The number of nitrogens with two attached hydrogens (primary N) is 1. The molecule has 0 aliphatic carbocycles. The number of hydrogen-bond donors (Lipinski definition) is 2. The summed E-state index contributed by atoms with van der Waals surface area (Å²) in [5, 5.41) is 3.61. The average molecular weight is 301 g/mol. The van der Waals surface area contributed by atoms with E-state index in [1.165, 1.54) is 10.5 Å². The van der Waals surface area contributed by atoms with Crippen molar-refractivity contribution in [2.24, 2.45) is 0 Å². The van der Waals surface area contributed by atoms with Crippen molar-refractivity contribution in [2.75, 3.05) is 18.5 Å². The summed E-state index contributed by atoms with van der Waals surface area (Å²) in [6.45, 7) is 3.18. The van der Waals surface area contributed by atoms with Crippen LogP contribution in [0.2, 0.25) is 0 Å². The van der Waals surface area contributed by atoms with Crippen LogP contribution in [0.5, 0.6) is 0 Å². The van der Waals surface area contributed by atoms with Crippen molar-refractivity contribution in [3.8, 4) is 0 Å². The first-order chi connectivity index (χ1) is 10.2. The molecule has 3 nitrogen and oxygen atoms in total. The first-order valence-corrected chi connectivity index (χ1v) is 8.53. The maximum absolute atomic E-state index is 5.98. The fourth-order valence-corrected chi connectivity index (χ4v) is 2.71. The maximum Gasteiger partial charge on any atom is 0.126 e. The first-order valence-electron chi connectivity index (χ1n) is 7.31. The van der Waals surface area contributed by atoms with Crippen LogP contribution in [0.4, 0.5) is 5.82 Å². The molecule has 21 heavy (non-hydrogen) atoms. The van der Waals surface area contributed by atoms with Crippen molar-refractivity contribution >= 4 is 17.6 Å². The van der Waals surface area contributed by atoms with E-state index in [9.17, 15) is 0 Å². The largest absolute Gasteiger partial charge is 0.383 e. The van der Waals surface area contributed by atoms with Gasteiger partial charge in [0.05, 0.1) is 0 Å². The molecule has 0 fully saturated rings.